The van der Waals surface area contributed by atoms with Crippen molar-refractivity contribution >= 4 is 23.1 Å². The maximum Gasteiger partial charge on any atom is 0.229 e. The summed E-state index contributed by atoms with van der Waals surface area (Å²) < 4.78 is 5.51. The molecule has 3 aromatic rings. The van der Waals surface area contributed by atoms with Crippen LogP contribution in [0.3, 0.4) is 0 Å². The molecule has 25 heavy (non-hydrogen) atoms. The summed E-state index contributed by atoms with van der Waals surface area (Å²) in [7, 11) is 3.89. The van der Waals surface area contributed by atoms with E-state index in [9.17, 15) is 9.59 Å². The predicted octanol–water partition coefficient (Wildman–Crippen LogP) is 3.37. The molecule has 0 saturated carbocycles. The highest BCUT2D eigenvalue weighted by molar-refractivity contribution is 6.30. The molecule has 0 saturated heterocycles. The number of nitrogen functional groups attached to an aromatic ring is 1. The first-order valence-corrected chi connectivity index (χ1v) is 7.87. The van der Waals surface area contributed by atoms with E-state index in [0.29, 0.717) is 16.7 Å². The van der Waals surface area contributed by atoms with Crippen molar-refractivity contribution in [2.75, 3.05) is 24.7 Å². The quantitative estimate of drug-likeness (QED) is 0.609. The van der Waals surface area contributed by atoms with Crippen LogP contribution in [0.15, 0.2) is 52.9 Å². The lowest BCUT2D eigenvalue weighted by molar-refractivity contribution is 0.0961. The molecule has 0 radical (unpaired) electrons. The van der Waals surface area contributed by atoms with Crippen LogP contribution < -0.4 is 10.6 Å². The Morgan fingerprint density at radius 3 is 2.04 bits per heavy atom. The number of carbonyl (C=O) groups excluding carboxylic acids is 2. The molecule has 1 heterocycles. The number of ketones is 2. The summed E-state index contributed by atoms with van der Waals surface area (Å²) in [4.78, 5) is 27.6. The van der Waals surface area contributed by atoms with Gasteiger partial charge in [0, 0.05) is 30.9 Å². The van der Waals surface area contributed by atoms with Crippen molar-refractivity contribution in [2.24, 2.45) is 0 Å². The lowest BCUT2D eigenvalue weighted by Gasteiger charge is -2.15. The number of furan rings is 1. The molecule has 124 valence electrons. The van der Waals surface area contributed by atoms with Gasteiger partial charge in [-0.2, -0.15) is 0 Å². The van der Waals surface area contributed by atoms with Crippen molar-refractivity contribution in [3.05, 3.63) is 71.0 Å². The van der Waals surface area contributed by atoms with Crippen LogP contribution in [-0.2, 0) is 0 Å². The summed E-state index contributed by atoms with van der Waals surface area (Å²) in [5.41, 5.74) is 9.25. The summed E-state index contributed by atoms with van der Waals surface area (Å²) in [6.07, 6.45) is 0. The first-order valence-electron chi connectivity index (χ1n) is 7.87. The molecule has 1 aromatic heterocycles. The van der Waals surface area contributed by atoms with Gasteiger partial charge in [-0.3, -0.25) is 9.59 Å². The van der Waals surface area contributed by atoms with Crippen LogP contribution in [0.1, 0.15) is 32.0 Å². The van der Waals surface area contributed by atoms with Crippen LogP contribution >= 0.6 is 0 Å². The van der Waals surface area contributed by atoms with Gasteiger partial charge >= 0.3 is 0 Å². The van der Waals surface area contributed by atoms with E-state index in [1.165, 1.54) is 0 Å². The first-order chi connectivity index (χ1) is 12.0. The molecule has 1 aliphatic rings. The summed E-state index contributed by atoms with van der Waals surface area (Å²) in [5.74, 6) is -0.449. The second-order valence-corrected chi connectivity index (χ2v) is 6.19. The highest BCUT2D eigenvalue weighted by Crippen LogP contribution is 2.40. The summed E-state index contributed by atoms with van der Waals surface area (Å²) in [6, 6.07) is 14.3. The number of hydrogen-bond acceptors (Lipinski definition) is 5. The second-order valence-electron chi connectivity index (χ2n) is 6.19. The van der Waals surface area contributed by atoms with Gasteiger partial charge in [0.1, 0.15) is 0 Å². The third-order valence-electron chi connectivity index (χ3n) is 4.46. The highest BCUT2D eigenvalue weighted by atomic mass is 16.4. The molecule has 0 unspecified atom stereocenters. The number of anilines is 2. The fourth-order valence-electron chi connectivity index (χ4n) is 3.17. The average molecular weight is 332 g/mol. The molecule has 0 spiro atoms. The fourth-order valence-corrected chi connectivity index (χ4v) is 3.17. The molecule has 0 aliphatic heterocycles. The summed E-state index contributed by atoms with van der Waals surface area (Å²) in [5, 5.41) is 0. The van der Waals surface area contributed by atoms with Crippen LogP contribution in [-0.4, -0.2) is 25.7 Å². The molecule has 1 aliphatic carbocycles. The smallest absolute Gasteiger partial charge is 0.229 e. The third-order valence-corrected chi connectivity index (χ3v) is 4.46. The van der Waals surface area contributed by atoms with Gasteiger partial charge in [-0.15, -0.1) is 0 Å². The number of hydrogen-bond donors (Lipinski definition) is 1. The highest BCUT2D eigenvalue weighted by Gasteiger charge is 2.37. The number of benzene rings is 2. The zero-order valence-electron chi connectivity index (χ0n) is 13.9. The van der Waals surface area contributed by atoms with Crippen LogP contribution in [0, 0.1) is 0 Å². The lowest BCUT2D eigenvalue weighted by Crippen LogP contribution is -2.19. The minimum absolute atomic E-state index is 0.0212. The zero-order valence-corrected chi connectivity index (χ0v) is 13.9. The Bertz CT molecular complexity index is 1010. The molecule has 5 heteroatoms. The van der Waals surface area contributed by atoms with Gasteiger partial charge in [0.05, 0.1) is 11.1 Å². The minimum Gasteiger partial charge on any atom is -0.436 e. The van der Waals surface area contributed by atoms with Crippen molar-refractivity contribution in [1.29, 1.82) is 0 Å². The fraction of sp³-hybridized carbons (Fsp3) is 0.100. The molecular formula is C20H16N2O3. The molecule has 2 N–H and O–H groups in total. The summed E-state index contributed by atoms with van der Waals surface area (Å²) >= 11 is 0. The van der Waals surface area contributed by atoms with E-state index in [1.54, 1.807) is 24.3 Å². The van der Waals surface area contributed by atoms with Gasteiger partial charge in [-0.05, 0) is 17.7 Å². The average Bonchev–Trinajstić information content (AvgIpc) is 2.97. The van der Waals surface area contributed by atoms with Gasteiger partial charge in [0.2, 0.25) is 5.78 Å². The standard InChI is InChI=1S/C20H16N2O3/c1-22(2)12-9-7-11(8-10-12)15-16-17(23)13-5-3-4-6-14(13)18(24)19(16)25-20(15)21/h3-10H,21H2,1-2H3. The van der Waals surface area contributed by atoms with Crippen LogP contribution in [0.4, 0.5) is 11.6 Å². The molecule has 0 bridgehead atoms. The van der Waals surface area contributed by atoms with Crippen molar-refractivity contribution in [3.8, 4) is 11.1 Å². The monoisotopic (exact) mass is 332 g/mol. The molecule has 0 amide bonds. The molecule has 0 fully saturated rings. The number of nitrogens with zero attached hydrogens (tertiary/aromatic N) is 1. The van der Waals surface area contributed by atoms with Gasteiger partial charge in [0.25, 0.3) is 0 Å². The Labute approximate surface area is 144 Å². The van der Waals surface area contributed by atoms with E-state index in [-0.39, 0.29) is 28.8 Å². The van der Waals surface area contributed by atoms with Crippen LogP contribution in [0.5, 0.6) is 0 Å². The Balaban J connectivity index is 1.91. The van der Waals surface area contributed by atoms with Crippen molar-refractivity contribution in [3.63, 3.8) is 0 Å². The van der Waals surface area contributed by atoms with Crippen molar-refractivity contribution in [1.82, 2.24) is 0 Å². The van der Waals surface area contributed by atoms with E-state index >= 15 is 0 Å². The molecular weight excluding hydrogens is 316 g/mol. The van der Waals surface area contributed by atoms with Gasteiger partial charge in [-0.25, -0.2) is 0 Å². The molecule has 0 atom stereocenters. The van der Waals surface area contributed by atoms with Gasteiger partial charge in [-0.1, -0.05) is 36.4 Å². The maximum atomic E-state index is 13.0. The second kappa shape index (κ2) is 5.34. The SMILES string of the molecule is CN(C)c1ccc(-c2c(N)oc3c2C(=O)c2ccccc2C3=O)cc1. The minimum atomic E-state index is -0.312. The zero-order chi connectivity index (χ0) is 17.7. The lowest BCUT2D eigenvalue weighted by atomic mass is 9.85. The van der Waals surface area contributed by atoms with Crippen LogP contribution in [0.25, 0.3) is 11.1 Å². The molecule has 5 nitrogen and oxygen atoms in total. The third kappa shape index (κ3) is 2.16. The van der Waals surface area contributed by atoms with E-state index in [1.807, 2.05) is 43.3 Å². The molecule has 4 rings (SSSR count). The number of rotatable bonds is 2. The van der Waals surface area contributed by atoms with Crippen LogP contribution in [0.2, 0.25) is 0 Å². The Morgan fingerprint density at radius 1 is 0.840 bits per heavy atom. The first kappa shape index (κ1) is 15.2. The number of nitrogens with two attached hydrogens (primary N) is 1. The largest absolute Gasteiger partial charge is 0.436 e. The summed E-state index contributed by atoms with van der Waals surface area (Å²) in [6.45, 7) is 0. The molecule has 2 aromatic carbocycles. The predicted molar refractivity (Wildman–Crippen MR) is 96.2 cm³/mol. The van der Waals surface area contributed by atoms with E-state index < -0.39 is 0 Å². The van der Waals surface area contributed by atoms with Gasteiger partial charge in [0.15, 0.2) is 17.4 Å². The van der Waals surface area contributed by atoms with E-state index in [2.05, 4.69) is 0 Å². The topological polar surface area (TPSA) is 76.5 Å². The number of fused-ring (bicyclic) bond motifs is 2. The number of carbonyl (C=O) groups is 2. The Kier molecular flexibility index (Phi) is 3.25. The van der Waals surface area contributed by atoms with Crippen molar-refractivity contribution < 1.29 is 14.0 Å². The Morgan fingerprint density at radius 2 is 1.44 bits per heavy atom. The van der Waals surface area contributed by atoms with E-state index in [4.69, 9.17) is 10.2 Å². The normalized spacial score (nSPS) is 12.7. The van der Waals surface area contributed by atoms with E-state index in [0.717, 1.165) is 11.3 Å². The Hall–Kier alpha value is -3.34. The maximum absolute atomic E-state index is 13.0. The van der Waals surface area contributed by atoms with Crippen molar-refractivity contribution in [2.45, 2.75) is 0 Å². The van der Waals surface area contributed by atoms with Gasteiger partial charge < -0.3 is 15.1 Å².